The lowest BCUT2D eigenvalue weighted by Crippen LogP contribution is -2.15. The van der Waals surface area contributed by atoms with Crippen LogP contribution in [0.1, 0.15) is 31.9 Å². The Morgan fingerprint density at radius 2 is 1.94 bits per heavy atom. The quantitative estimate of drug-likeness (QED) is 0.809. The lowest BCUT2D eigenvalue weighted by molar-refractivity contribution is -0.131. The van der Waals surface area contributed by atoms with E-state index >= 15 is 0 Å². The van der Waals surface area contributed by atoms with Gasteiger partial charge in [0.05, 0.1) is 7.11 Å². The molecule has 0 atom stereocenters. The molecule has 0 radical (unpaired) electrons. The molecule has 4 heteroatoms. The number of hydrogen-bond acceptors (Lipinski definition) is 3. The fourth-order valence-corrected chi connectivity index (χ4v) is 1.87. The van der Waals surface area contributed by atoms with Crippen LogP contribution in [0.4, 0.5) is 0 Å². The molecule has 0 bridgehead atoms. The zero-order chi connectivity index (χ0) is 13.9. The fourth-order valence-electron chi connectivity index (χ4n) is 1.87. The van der Waals surface area contributed by atoms with Gasteiger partial charge >= 0.3 is 5.97 Å². The maximum Gasteiger partial charge on any atom is 0.328 e. The van der Waals surface area contributed by atoms with Crippen LogP contribution < -0.4 is 4.74 Å². The van der Waals surface area contributed by atoms with Crippen molar-refractivity contribution in [1.82, 2.24) is 0 Å². The molecule has 0 spiro atoms. The average Bonchev–Trinajstić information content (AvgIpc) is 2.25. The first-order valence-corrected chi connectivity index (χ1v) is 5.59. The molecule has 0 saturated carbocycles. The Morgan fingerprint density at radius 1 is 1.33 bits per heavy atom. The van der Waals surface area contributed by atoms with Crippen molar-refractivity contribution in [2.45, 2.75) is 26.2 Å². The molecular weight excluding hydrogens is 232 g/mol. The number of phenolic OH excluding ortho intramolecular Hbond substituents is 1. The monoisotopic (exact) mass is 250 g/mol. The van der Waals surface area contributed by atoms with E-state index < -0.39 is 5.97 Å². The van der Waals surface area contributed by atoms with Crippen LogP contribution in [0.15, 0.2) is 18.2 Å². The summed E-state index contributed by atoms with van der Waals surface area (Å²) >= 11 is 0. The van der Waals surface area contributed by atoms with Gasteiger partial charge in [0.25, 0.3) is 0 Å². The maximum atomic E-state index is 10.6. The number of carboxylic acid groups (broad SMARTS) is 1. The number of ether oxygens (including phenoxy) is 1. The number of carbonyl (C=O) groups is 1. The number of rotatable bonds is 3. The minimum Gasteiger partial charge on any atom is -0.504 e. The van der Waals surface area contributed by atoms with Crippen LogP contribution in [0.5, 0.6) is 11.5 Å². The summed E-state index contributed by atoms with van der Waals surface area (Å²) in [5.41, 5.74) is 1.23. The summed E-state index contributed by atoms with van der Waals surface area (Å²) in [6, 6.07) is 3.17. The van der Waals surface area contributed by atoms with Crippen LogP contribution in [0.25, 0.3) is 6.08 Å². The van der Waals surface area contributed by atoms with Gasteiger partial charge in [0, 0.05) is 11.6 Å². The fraction of sp³-hybridized carbons (Fsp3) is 0.357. The van der Waals surface area contributed by atoms with Gasteiger partial charge in [0.1, 0.15) is 0 Å². The van der Waals surface area contributed by atoms with Gasteiger partial charge in [0.15, 0.2) is 11.5 Å². The van der Waals surface area contributed by atoms with Crippen molar-refractivity contribution in [2.75, 3.05) is 7.11 Å². The predicted molar refractivity (Wildman–Crippen MR) is 70.0 cm³/mol. The largest absolute Gasteiger partial charge is 0.504 e. The molecule has 0 amide bonds. The Balaban J connectivity index is 3.48. The molecule has 0 saturated heterocycles. The molecule has 0 unspecified atom stereocenters. The van der Waals surface area contributed by atoms with Crippen molar-refractivity contribution < 1.29 is 19.7 Å². The van der Waals surface area contributed by atoms with Gasteiger partial charge in [-0.05, 0) is 23.1 Å². The second kappa shape index (κ2) is 5.12. The van der Waals surface area contributed by atoms with E-state index in [0.717, 1.165) is 17.2 Å². The zero-order valence-electron chi connectivity index (χ0n) is 11.0. The summed E-state index contributed by atoms with van der Waals surface area (Å²) in [7, 11) is 1.48. The van der Waals surface area contributed by atoms with E-state index in [-0.39, 0.29) is 11.2 Å². The summed E-state index contributed by atoms with van der Waals surface area (Å²) in [4.78, 5) is 10.6. The molecule has 1 aromatic rings. The third kappa shape index (κ3) is 3.03. The van der Waals surface area contributed by atoms with Gasteiger partial charge in [-0.2, -0.15) is 0 Å². The Hall–Kier alpha value is -1.97. The summed E-state index contributed by atoms with van der Waals surface area (Å²) in [6.45, 7) is 5.92. The van der Waals surface area contributed by atoms with Crippen LogP contribution in [0, 0.1) is 0 Å². The average molecular weight is 250 g/mol. The first-order chi connectivity index (χ1) is 8.27. The highest BCUT2D eigenvalue weighted by molar-refractivity contribution is 5.86. The third-order valence-corrected chi connectivity index (χ3v) is 2.53. The topological polar surface area (TPSA) is 66.8 Å². The standard InChI is InChI=1S/C14H18O4/c1-14(2,3)12-9(6-8-11(16)17)5-7-10(15)13(12)18-4/h5-8,15H,1-4H3,(H,16,17). The lowest BCUT2D eigenvalue weighted by Gasteiger charge is -2.25. The molecule has 1 aromatic carbocycles. The van der Waals surface area contributed by atoms with Crippen molar-refractivity contribution in [2.24, 2.45) is 0 Å². The Morgan fingerprint density at radius 3 is 2.39 bits per heavy atom. The summed E-state index contributed by atoms with van der Waals surface area (Å²) in [6.07, 6.45) is 2.58. The highest BCUT2D eigenvalue weighted by Crippen LogP contribution is 2.40. The second-order valence-corrected chi connectivity index (χ2v) is 5.00. The first-order valence-electron chi connectivity index (χ1n) is 5.59. The lowest BCUT2D eigenvalue weighted by atomic mass is 9.82. The number of carboxylic acids is 1. The first kappa shape index (κ1) is 14.1. The Labute approximate surface area is 107 Å². The van der Waals surface area contributed by atoms with E-state index in [1.54, 1.807) is 6.07 Å². The van der Waals surface area contributed by atoms with Gasteiger partial charge in [-0.15, -0.1) is 0 Å². The Bertz CT molecular complexity index is 481. The van der Waals surface area contributed by atoms with Crippen LogP contribution in [0.2, 0.25) is 0 Å². The maximum absolute atomic E-state index is 10.6. The van der Waals surface area contributed by atoms with Gasteiger partial charge in [-0.25, -0.2) is 4.79 Å². The number of hydrogen-bond donors (Lipinski definition) is 2. The molecule has 2 N–H and O–H groups in total. The third-order valence-electron chi connectivity index (χ3n) is 2.53. The molecule has 0 aliphatic rings. The van der Waals surface area contributed by atoms with E-state index in [9.17, 15) is 9.90 Å². The van der Waals surface area contributed by atoms with Gasteiger partial charge in [-0.3, -0.25) is 0 Å². The van der Waals surface area contributed by atoms with Crippen molar-refractivity contribution in [3.63, 3.8) is 0 Å². The van der Waals surface area contributed by atoms with E-state index in [1.165, 1.54) is 19.3 Å². The van der Waals surface area contributed by atoms with Crippen LogP contribution in [-0.2, 0) is 10.2 Å². The van der Waals surface area contributed by atoms with Crippen molar-refractivity contribution >= 4 is 12.0 Å². The summed E-state index contributed by atoms with van der Waals surface area (Å²) < 4.78 is 5.22. The number of benzene rings is 1. The van der Waals surface area contributed by atoms with E-state index in [1.807, 2.05) is 20.8 Å². The smallest absolute Gasteiger partial charge is 0.328 e. The summed E-state index contributed by atoms with van der Waals surface area (Å²) in [5.74, 6) is -0.577. The molecule has 1 rings (SSSR count). The van der Waals surface area contributed by atoms with Crippen molar-refractivity contribution in [3.05, 3.63) is 29.3 Å². The molecule has 0 aliphatic carbocycles. The van der Waals surface area contributed by atoms with E-state index in [2.05, 4.69) is 0 Å². The van der Waals surface area contributed by atoms with Crippen molar-refractivity contribution in [3.8, 4) is 11.5 Å². The van der Waals surface area contributed by atoms with E-state index in [4.69, 9.17) is 9.84 Å². The highest BCUT2D eigenvalue weighted by atomic mass is 16.5. The second-order valence-electron chi connectivity index (χ2n) is 5.00. The zero-order valence-corrected chi connectivity index (χ0v) is 11.0. The van der Waals surface area contributed by atoms with Crippen LogP contribution >= 0.6 is 0 Å². The molecular formula is C14H18O4. The SMILES string of the molecule is COc1c(O)ccc(C=CC(=O)O)c1C(C)(C)C. The number of aromatic hydroxyl groups is 1. The minimum atomic E-state index is -1.01. The van der Waals surface area contributed by atoms with Crippen molar-refractivity contribution in [1.29, 1.82) is 0 Å². The molecule has 0 fully saturated rings. The molecule has 0 aliphatic heterocycles. The highest BCUT2D eigenvalue weighted by Gasteiger charge is 2.24. The van der Waals surface area contributed by atoms with Gasteiger partial charge in [-0.1, -0.05) is 26.8 Å². The molecule has 98 valence electrons. The molecule has 18 heavy (non-hydrogen) atoms. The van der Waals surface area contributed by atoms with Gasteiger partial charge in [0.2, 0.25) is 0 Å². The summed E-state index contributed by atoms with van der Waals surface area (Å²) in [5, 5.41) is 18.5. The number of aliphatic carboxylic acids is 1. The van der Waals surface area contributed by atoms with Crippen LogP contribution in [-0.4, -0.2) is 23.3 Å². The van der Waals surface area contributed by atoms with Gasteiger partial charge < -0.3 is 14.9 Å². The normalized spacial score (nSPS) is 11.8. The van der Waals surface area contributed by atoms with Crippen LogP contribution in [0.3, 0.4) is 0 Å². The molecule has 4 nitrogen and oxygen atoms in total. The van der Waals surface area contributed by atoms with E-state index in [0.29, 0.717) is 5.75 Å². The molecule has 0 heterocycles. The number of methoxy groups -OCH3 is 1. The molecule has 0 aromatic heterocycles. The Kier molecular flexibility index (Phi) is 4.01. The predicted octanol–water partition coefficient (Wildman–Crippen LogP) is 2.80. The number of phenols is 1. The minimum absolute atomic E-state index is 0.0508.